The highest BCUT2D eigenvalue weighted by atomic mass is 19.1. The molecule has 21 heavy (non-hydrogen) atoms. The number of benzene rings is 2. The van der Waals surface area contributed by atoms with Gasteiger partial charge in [0.1, 0.15) is 5.82 Å². The summed E-state index contributed by atoms with van der Waals surface area (Å²) < 4.78 is 13.0. The quantitative estimate of drug-likeness (QED) is 0.643. The Labute approximate surface area is 120 Å². The molecule has 0 unspecified atom stereocenters. The van der Waals surface area contributed by atoms with Crippen molar-refractivity contribution in [1.29, 1.82) is 5.41 Å². The van der Waals surface area contributed by atoms with Crippen LogP contribution in [0.2, 0.25) is 0 Å². The van der Waals surface area contributed by atoms with Gasteiger partial charge in [0.2, 0.25) is 0 Å². The average molecular weight is 280 g/mol. The fourth-order valence-electron chi connectivity index (χ4n) is 2.21. The molecule has 0 saturated heterocycles. The Balaban J connectivity index is 2.16. The van der Waals surface area contributed by atoms with Crippen LogP contribution in [-0.2, 0) is 0 Å². The third-order valence-electron chi connectivity index (χ3n) is 3.28. The molecule has 0 aliphatic rings. The van der Waals surface area contributed by atoms with Crippen LogP contribution < -0.4 is 5.73 Å². The molecule has 3 rings (SSSR count). The van der Waals surface area contributed by atoms with Gasteiger partial charge < -0.3 is 11.1 Å². The molecule has 104 valence electrons. The van der Waals surface area contributed by atoms with Gasteiger partial charge in [-0.2, -0.15) is 5.10 Å². The van der Waals surface area contributed by atoms with Gasteiger partial charge in [0.05, 0.1) is 11.2 Å². The molecular weight excluding hydrogens is 267 g/mol. The van der Waals surface area contributed by atoms with E-state index in [1.54, 1.807) is 12.1 Å². The van der Waals surface area contributed by atoms with Crippen molar-refractivity contribution in [3.8, 4) is 11.3 Å². The lowest BCUT2D eigenvalue weighted by Gasteiger charge is -2.02. The molecule has 0 bridgehead atoms. The second-order valence-electron chi connectivity index (χ2n) is 4.63. The topological polar surface area (TPSA) is 78.5 Å². The average Bonchev–Trinajstić information content (AvgIpc) is 2.91. The maximum absolute atomic E-state index is 13.0. The van der Waals surface area contributed by atoms with E-state index >= 15 is 0 Å². The minimum absolute atomic E-state index is 0.280. The van der Waals surface area contributed by atoms with Crippen LogP contribution in [0.1, 0.15) is 5.56 Å². The summed E-state index contributed by atoms with van der Waals surface area (Å²) in [5.41, 5.74) is 9.68. The van der Waals surface area contributed by atoms with Crippen LogP contribution in [0.3, 0.4) is 0 Å². The molecule has 0 radical (unpaired) electrons. The fourth-order valence-corrected chi connectivity index (χ4v) is 2.21. The van der Waals surface area contributed by atoms with Gasteiger partial charge in [0.15, 0.2) is 0 Å². The number of aromatic amines is 1. The first-order chi connectivity index (χ1) is 10.2. The van der Waals surface area contributed by atoms with Crippen molar-refractivity contribution < 1.29 is 4.39 Å². The Kier molecular flexibility index (Phi) is 3.23. The second kappa shape index (κ2) is 5.20. The first-order valence-corrected chi connectivity index (χ1v) is 6.39. The minimum Gasteiger partial charge on any atom is -0.398 e. The Morgan fingerprint density at radius 2 is 1.95 bits per heavy atom. The van der Waals surface area contributed by atoms with Crippen LogP contribution in [0.5, 0.6) is 0 Å². The Hall–Kier alpha value is -2.95. The molecule has 0 aliphatic heterocycles. The van der Waals surface area contributed by atoms with Crippen molar-refractivity contribution in [3.63, 3.8) is 0 Å². The molecule has 0 fully saturated rings. The van der Waals surface area contributed by atoms with E-state index in [4.69, 9.17) is 11.1 Å². The van der Waals surface area contributed by atoms with E-state index in [9.17, 15) is 4.39 Å². The number of nitrogens with zero attached hydrogens (tertiary/aromatic N) is 1. The smallest absolute Gasteiger partial charge is 0.123 e. The number of aromatic nitrogens is 2. The fraction of sp³-hybridized carbons (Fsp3) is 0. The van der Waals surface area contributed by atoms with Gasteiger partial charge >= 0.3 is 0 Å². The number of nitrogens with two attached hydrogens (primary N) is 1. The normalized spacial score (nSPS) is 11.8. The predicted octanol–water partition coefficient (Wildman–Crippen LogP) is 3.32. The predicted molar refractivity (Wildman–Crippen MR) is 82.4 cm³/mol. The molecule has 3 aromatic rings. The first-order valence-electron chi connectivity index (χ1n) is 6.39. The van der Waals surface area contributed by atoms with Crippen molar-refractivity contribution in [3.05, 3.63) is 59.9 Å². The van der Waals surface area contributed by atoms with Gasteiger partial charge in [-0.25, -0.2) is 4.39 Å². The van der Waals surface area contributed by atoms with Gasteiger partial charge in [-0.3, -0.25) is 5.10 Å². The van der Waals surface area contributed by atoms with E-state index in [0.29, 0.717) is 5.70 Å². The van der Waals surface area contributed by atoms with E-state index in [0.717, 1.165) is 33.9 Å². The Morgan fingerprint density at radius 3 is 2.67 bits per heavy atom. The standard InChI is InChI=1S/C16H13FN4/c17-12-4-1-10(2-5-12)16-13-9-11(14(19)7-8-18)3-6-15(13)20-21-16/h1-9,18H,19H2,(H,20,21). The number of fused-ring (bicyclic) bond motifs is 1. The van der Waals surface area contributed by atoms with Crippen molar-refractivity contribution in [2.75, 3.05) is 0 Å². The summed E-state index contributed by atoms with van der Waals surface area (Å²) in [6, 6.07) is 11.8. The van der Waals surface area contributed by atoms with Crippen LogP contribution in [-0.4, -0.2) is 16.4 Å². The number of rotatable bonds is 3. The van der Waals surface area contributed by atoms with Crippen molar-refractivity contribution in [1.82, 2.24) is 10.2 Å². The van der Waals surface area contributed by atoms with Crippen molar-refractivity contribution >= 4 is 22.8 Å². The molecule has 1 heterocycles. The summed E-state index contributed by atoms with van der Waals surface area (Å²) in [5.74, 6) is -0.280. The maximum Gasteiger partial charge on any atom is 0.123 e. The zero-order chi connectivity index (χ0) is 14.8. The number of H-pyrrole nitrogens is 1. The molecule has 4 N–H and O–H groups in total. The van der Waals surface area contributed by atoms with E-state index in [1.807, 2.05) is 18.2 Å². The molecule has 0 amide bonds. The van der Waals surface area contributed by atoms with Crippen LogP contribution in [0.15, 0.2) is 48.5 Å². The van der Waals surface area contributed by atoms with E-state index < -0.39 is 0 Å². The largest absolute Gasteiger partial charge is 0.398 e. The number of hydrogen-bond acceptors (Lipinski definition) is 3. The van der Waals surface area contributed by atoms with Gasteiger partial charge in [-0.05, 0) is 48.0 Å². The Morgan fingerprint density at radius 1 is 1.19 bits per heavy atom. The minimum atomic E-state index is -0.280. The zero-order valence-corrected chi connectivity index (χ0v) is 11.1. The van der Waals surface area contributed by atoms with Crippen LogP contribution in [0.4, 0.5) is 4.39 Å². The monoisotopic (exact) mass is 280 g/mol. The lowest BCUT2D eigenvalue weighted by molar-refractivity contribution is 0.628. The highest BCUT2D eigenvalue weighted by Crippen LogP contribution is 2.28. The number of nitrogens with one attached hydrogen (secondary N) is 2. The molecule has 2 aromatic carbocycles. The van der Waals surface area contributed by atoms with Gasteiger partial charge in [-0.1, -0.05) is 6.07 Å². The molecule has 5 heteroatoms. The zero-order valence-electron chi connectivity index (χ0n) is 11.1. The van der Waals surface area contributed by atoms with Crippen molar-refractivity contribution in [2.24, 2.45) is 5.73 Å². The lowest BCUT2D eigenvalue weighted by atomic mass is 10.0. The summed E-state index contributed by atoms with van der Waals surface area (Å²) in [7, 11) is 0. The third-order valence-corrected chi connectivity index (χ3v) is 3.28. The second-order valence-corrected chi connectivity index (χ2v) is 4.63. The van der Waals surface area contributed by atoms with Crippen LogP contribution >= 0.6 is 0 Å². The van der Waals surface area contributed by atoms with Gasteiger partial charge in [-0.15, -0.1) is 0 Å². The summed E-state index contributed by atoms with van der Waals surface area (Å²) in [6.45, 7) is 0. The van der Waals surface area contributed by atoms with Crippen molar-refractivity contribution in [2.45, 2.75) is 0 Å². The number of hydrogen-bond donors (Lipinski definition) is 3. The van der Waals surface area contributed by atoms with Gasteiger partial charge in [0.25, 0.3) is 0 Å². The molecule has 1 aromatic heterocycles. The molecular formula is C16H13FN4. The highest BCUT2D eigenvalue weighted by molar-refractivity contribution is 5.95. The molecule has 0 aliphatic carbocycles. The Bertz CT molecular complexity index is 831. The summed E-state index contributed by atoms with van der Waals surface area (Å²) in [4.78, 5) is 0. The summed E-state index contributed by atoms with van der Waals surface area (Å²) >= 11 is 0. The van der Waals surface area contributed by atoms with E-state index in [1.165, 1.54) is 18.2 Å². The third kappa shape index (κ3) is 2.41. The SMILES string of the molecule is N=CC=C(N)c1ccc2[nH]nc(-c3ccc(F)cc3)c2c1. The number of allylic oxidation sites excluding steroid dienone is 1. The summed E-state index contributed by atoms with van der Waals surface area (Å²) in [6.07, 6.45) is 2.68. The van der Waals surface area contributed by atoms with Crippen LogP contribution in [0.25, 0.3) is 27.9 Å². The molecule has 0 saturated carbocycles. The first kappa shape index (κ1) is 13.1. The molecule has 4 nitrogen and oxygen atoms in total. The van der Waals surface area contributed by atoms with E-state index in [2.05, 4.69) is 10.2 Å². The van der Waals surface area contributed by atoms with Gasteiger partial charge in [0, 0.05) is 22.9 Å². The lowest BCUT2D eigenvalue weighted by Crippen LogP contribution is -1.96. The number of halogens is 1. The highest BCUT2D eigenvalue weighted by Gasteiger charge is 2.09. The summed E-state index contributed by atoms with van der Waals surface area (Å²) in [5, 5.41) is 15.2. The van der Waals surface area contributed by atoms with Crippen LogP contribution in [0, 0.1) is 11.2 Å². The van der Waals surface area contributed by atoms with E-state index in [-0.39, 0.29) is 5.82 Å². The maximum atomic E-state index is 13.0. The molecule has 0 spiro atoms. The molecule has 0 atom stereocenters.